The lowest BCUT2D eigenvalue weighted by molar-refractivity contribution is -0.0886. The summed E-state index contributed by atoms with van der Waals surface area (Å²) in [5.74, 6) is -0.195. The van der Waals surface area contributed by atoms with Gasteiger partial charge in [-0.2, -0.15) is 0 Å². The molecule has 2 fully saturated rings. The fourth-order valence-electron chi connectivity index (χ4n) is 8.73. The molecule has 0 saturated carbocycles. The molecule has 242 valence electrons. The highest BCUT2D eigenvalue weighted by Crippen LogP contribution is 2.54. The minimum absolute atomic E-state index is 0.0974. The Morgan fingerprint density at radius 3 is 1.36 bits per heavy atom. The SMILES string of the molecule is CNC(=O)N1C(C)(C)CC(C(CCCCCNC(=O)O)(NC(=O)O)C2CC(C)(C)N(C(=O)NC)C(C)(C)C2)CC1(C)C. The minimum atomic E-state index is -1.09. The second-order valence-corrected chi connectivity index (χ2v) is 14.8. The molecular weight excluding hydrogens is 540 g/mol. The smallest absolute Gasteiger partial charge is 0.405 e. The van der Waals surface area contributed by atoms with Crippen LogP contribution in [0, 0.1) is 11.8 Å². The van der Waals surface area contributed by atoms with Gasteiger partial charge in [-0.15, -0.1) is 0 Å². The zero-order valence-corrected chi connectivity index (χ0v) is 27.4. The van der Waals surface area contributed by atoms with Gasteiger partial charge in [-0.1, -0.05) is 12.8 Å². The van der Waals surface area contributed by atoms with Crippen molar-refractivity contribution < 1.29 is 29.4 Å². The molecule has 2 saturated heterocycles. The van der Waals surface area contributed by atoms with Gasteiger partial charge in [-0.25, -0.2) is 19.2 Å². The molecular formula is C30H56N6O6. The van der Waals surface area contributed by atoms with E-state index in [4.69, 9.17) is 5.11 Å². The Morgan fingerprint density at radius 1 is 0.667 bits per heavy atom. The Bertz CT molecular complexity index is 918. The third kappa shape index (κ3) is 7.53. The van der Waals surface area contributed by atoms with Gasteiger partial charge in [-0.05, 0) is 106 Å². The summed E-state index contributed by atoms with van der Waals surface area (Å²) in [6.07, 6.45) is 2.90. The van der Waals surface area contributed by atoms with Gasteiger partial charge in [0.15, 0.2) is 0 Å². The fraction of sp³-hybridized carbons (Fsp3) is 0.867. The largest absolute Gasteiger partial charge is 0.465 e. The van der Waals surface area contributed by atoms with Crippen molar-refractivity contribution >= 4 is 24.2 Å². The summed E-state index contributed by atoms with van der Waals surface area (Å²) in [6, 6.07) is -0.320. The molecule has 12 nitrogen and oxygen atoms in total. The summed E-state index contributed by atoms with van der Waals surface area (Å²) in [7, 11) is 3.25. The van der Waals surface area contributed by atoms with Crippen molar-refractivity contribution in [1.29, 1.82) is 0 Å². The monoisotopic (exact) mass is 596 g/mol. The number of likely N-dealkylation sites (tertiary alicyclic amines) is 2. The number of rotatable bonds is 9. The zero-order chi connectivity index (χ0) is 32.3. The Morgan fingerprint density at radius 2 is 1.05 bits per heavy atom. The van der Waals surface area contributed by atoms with Crippen LogP contribution in [-0.4, -0.2) is 92.6 Å². The molecule has 2 aliphatic heterocycles. The molecule has 42 heavy (non-hydrogen) atoms. The van der Waals surface area contributed by atoms with E-state index in [0.29, 0.717) is 51.5 Å². The number of amides is 6. The van der Waals surface area contributed by atoms with E-state index in [0.717, 1.165) is 6.42 Å². The van der Waals surface area contributed by atoms with Gasteiger partial charge in [0.2, 0.25) is 0 Å². The van der Waals surface area contributed by atoms with Crippen molar-refractivity contribution in [1.82, 2.24) is 31.1 Å². The van der Waals surface area contributed by atoms with Crippen molar-refractivity contribution in [3.8, 4) is 0 Å². The number of hydrogen-bond donors (Lipinski definition) is 6. The first kappa shape index (κ1) is 35.3. The molecule has 6 amide bonds. The van der Waals surface area contributed by atoms with E-state index < -0.39 is 39.9 Å². The minimum Gasteiger partial charge on any atom is -0.465 e. The highest BCUT2D eigenvalue weighted by molar-refractivity contribution is 5.76. The first-order valence-corrected chi connectivity index (χ1v) is 15.2. The molecule has 0 aromatic carbocycles. The third-order valence-electron chi connectivity index (χ3n) is 9.58. The van der Waals surface area contributed by atoms with Crippen LogP contribution in [-0.2, 0) is 0 Å². The van der Waals surface area contributed by atoms with Crippen LogP contribution in [0.15, 0.2) is 0 Å². The Hall–Kier alpha value is -2.92. The predicted octanol–water partition coefficient (Wildman–Crippen LogP) is 5.04. The molecule has 2 aliphatic rings. The second kappa shape index (κ2) is 12.8. The van der Waals surface area contributed by atoms with Crippen LogP contribution < -0.4 is 21.3 Å². The molecule has 0 aromatic rings. The van der Waals surface area contributed by atoms with Crippen LogP contribution in [0.3, 0.4) is 0 Å². The average molecular weight is 597 g/mol. The molecule has 0 spiro atoms. The molecule has 0 bridgehead atoms. The van der Waals surface area contributed by atoms with Crippen molar-refractivity contribution in [3.05, 3.63) is 0 Å². The maximum absolute atomic E-state index is 13.1. The first-order chi connectivity index (χ1) is 19.2. The summed E-state index contributed by atoms with van der Waals surface area (Å²) in [6.45, 7) is 16.7. The average Bonchev–Trinajstić information content (AvgIpc) is 2.81. The van der Waals surface area contributed by atoms with E-state index >= 15 is 0 Å². The van der Waals surface area contributed by atoms with Crippen molar-refractivity contribution in [3.63, 3.8) is 0 Å². The first-order valence-electron chi connectivity index (χ1n) is 15.2. The van der Waals surface area contributed by atoms with E-state index in [-0.39, 0.29) is 23.9 Å². The van der Waals surface area contributed by atoms with E-state index in [9.17, 15) is 24.3 Å². The molecule has 0 unspecified atom stereocenters. The van der Waals surface area contributed by atoms with Crippen LogP contribution in [0.4, 0.5) is 19.2 Å². The lowest BCUT2D eigenvalue weighted by Crippen LogP contribution is -2.73. The number of unbranched alkanes of at least 4 members (excludes halogenated alkanes) is 2. The maximum atomic E-state index is 13.1. The lowest BCUT2D eigenvalue weighted by atomic mass is 9.56. The number of carbonyl (C=O) groups excluding carboxylic acids is 2. The topological polar surface area (TPSA) is 163 Å². The Labute approximate surface area is 251 Å². The van der Waals surface area contributed by atoms with Gasteiger partial charge < -0.3 is 41.3 Å². The molecule has 2 rings (SSSR count). The molecule has 0 atom stereocenters. The zero-order valence-electron chi connectivity index (χ0n) is 27.4. The summed E-state index contributed by atoms with van der Waals surface area (Å²) >= 11 is 0. The number of urea groups is 2. The molecule has 6 N–H and O–H groups in total. The summed E-state index contributed by atoms with van der Waals surface area (Å²) < 4.78 is 0. The third-order valence-corrected chi connectivity index (χ3v) is 9.58. The highest BCUT2D eigenvalue weighted by Gasteiger charge is 2.59. The van der Waals surface area contributed by atoms with Gasteiger partial charge in [0.05, 0.1) is 0 Å². The number of carbonyl (C=O) groups is 4. The van der Waals surface area contributed by atoms with E-state index in [1.807, 2.05) is 65.2 Å². The van der Waals surface area contributed by atoms with E-state index in [1.54, 1.807) is 14.1 Å². The number of nitrogens with zero attached hydrogens (tertiary/aromatic N) is 2. The van der Waals surface area contributed by atoms with Crippen LogP contribution >= 0.6 is 0 Å². The van der Waals surface area contributed by atoms with E-state index in [1.165, 1.54) is 0 Å². The number of carboxylic acid groups (broad SMARTS) is 2. The van der Waals surface area contributed by atoms with Crippen molar-refractivity contribution in [2.24, 2.45) is 11.8 Å². The summed E-state index contributed by atoms with van der Waals surface area (Å²) in [5.41, 5.74) is -3.07. The molecule has 0 radical (unpaired) electrons. The summed E-state index contributed by atoms with van der Waals surface area (Å²) in [5, 5.41) is 30.4. The highest BCUT2D eigenvalue weighted by atomic mass is 16.4. The van der Waals surface area contributed by atoms with Gasteiger partial charge in [0, 0.05) is 48.3 Å². The van der Waals surface area contributed by atoms with Crippen molar-refractivity contribution in [2.75, 3.05) is 20.6 Å². The van der Waals surface area contributed by atoms with E-state index in [2.05, 4.69) is 21.3 Å². The second-order valence-electron chi connectivity index (χ2n) is 14.8. The number of piperidine rings is 2. The Balaban J connectivity index is 2.63. The molecule has 0 aliphatic carbocycles. The molecule has 12 heteroatoms. The number of hydrogen-bond acceptors (Lipinski definition) is 4. The normalized spacial score (nSPS) is 21.8. The lowest BCUT2D eigenvalue weighted by Gasteiger charge is -2.63. The maximum Gasteiger partial charge on any atom is 0.405 e. The van der Waals surface area contributed by atoms with Crippen molar-refractivity contribution in [2.45, 2.75) is 134 Å². The summed E-state index contributed by atoms with van der Waals surface area (Å²) in [4.78, 5) is 53.5. The Kier molecular flexibility index (Phi) is 10.7. The quantitative estimate of drug-likeness (QED) is 0.204. The van der Waals surface area contributed by atoms with Gasteiger partial charge in [-0.3, -0.25) is 0 Å². The van der Waals surface area contributed by atoms with Crippen LogP contribution in [0.1, 0.15) is 107 Å². The number of nitrogens with one attached hydrogen (secondary N) is 4. The van der Waals surface area contributed by atoms with Crippen LogP contribution in [0.2, 0.25) is 0 Å². The fourth-order valence-corrected chi connectivity index (χ4v) is 8.73. The standard InChI is InChI=1S/C30H56N6O6/c1-26(2)16-20(17-27(3,4)35(26)22(37)31-9)30(34-25(41)42,14-12-11-13-15-33-24(39)40)21-18-28(5,6)36(23(38)32-10)29(7,8)19-21/h20-21,33-34H,11-19H2,1-10H3,(H,31,37)(H,32,38)(H,39,40)(H,41,42). The van der Waals surface area contributed by atoms with Gasteiger partial charge in [0.25, 0.3) is 0 Å². The van der Waals surface area contributed by atoms with Gasteiger partial charge >= 0.3 is 24.2 Å². The van der Waals surface area contributed by atoms with Gasteiger partial charge in [0.1, 0.15) is 0 Å². The predicted molar refractivity (Wildman–Crippen MR) is 163 cm³/mol. The van der Waals surface area contributed by atoms with Crippen LogP contribution in [0.25, 0.3) is 0 Å². The molecule has 0 aromatic heterocycles. The van der Waals surface area contributed by atoms with Crippen LogP contribution in [0.5, 0.6) is 0 Å². The molecule has 2 heterocycles.